The smallest absolute Gasteiger partial charge is 0.259 e. The summed E-state index contributed by atoms with van der Waals surface area (Å²) in [6, 6.07) is 17.0. The van der Waals surface area contributed by atoms with E-state index in [0.29, 0.717) is 29.4 Å². The molecule has 6 nitrogen and oxygen atoms in total. The van der Waals surface area contributed by atoms with Crippen molar-refractivity contribution in [1.82, 2.24) is 4.90 Å². The number of fused-ring (bicyclic) bond motifs is 1. The largest absolute Gasteiger partial charge is 0.497 e. The van der Waals surface area contributed by atoms with Gasteiger partial charge in [-0.15, -0.1) is 0 Å². The van der Waals surface area contributed by atoms with Crippen molar-refractivity contribution in [1.29, 1.82) is 0 Å². The fourth-order valence-electron chi connectivity index (χ4n) is 3.87. The van der Waals surface area contributed by atoms with Gasteiger partial charge < -0.3 is 23.8 Å². The third-order valence-electron chi connectivity index (χ3n) is 5.58. The first-order valence-corrected chi connectivity index (χ1v) is 11.1. The van der Waals surface area contributed by atoms with Crippen LogP contribution in [-0.4, -0.2) is 39.2 Å². The second kappa shape index (κ2) is 9.58. The van der Waals surface area contributed by atoms with Crippen LogP contribution < -0.4 is 18.9 Å². The number of hydrogen-bond acceptors (Lipinski definition) is 5. The highest BCUT2D eigenvalue weighted by Crippen LogP contribution is 2.43. The highest BCUT2D eigenvalue weighted by molar-refractivity contribution is 9.10. The molecule has 0 radical (unpaired) electrons. The number of benzene rings is 3. The summed E-state index contributed by atoms with van der Waals surface area (Å²) in [6.07, 6.45) is 1.96. The van der Waals surface area contributed by atoms with Crippen molar-refractivity contribution in [2.45, 2.75) is 6.54 Å². The van der Waals surface area contributed by atoms with Crippen LogP contribution in [0.2, 0.25) is 0 Å². The Morgan fingerprint density at radius 1 is 0.818 bits per heavy atom. The molecule has 1 aliphatic rings. The van der Waals surface area contributed by atoms with Crippen LogP contribution in [0.1, 0.15) is 27.0 Å². The van der Waals surface area contributed by atoms with Gasteiger partial charge in [0.25, 0.3) is 5.91 Å². The zero-order chi connectivity index (χ0) is 23.5. The van der Waals surface area contributed by atoms with E-state index in [4.69, 9.17) is 18.9 Å². The molecule has 0 aliphatic carbocycles. The molecule has 0 unspecified atom stereocenters. The first kappa shape index (κ1) is 22.7. The lowest BCUT2D eigenvalue weighted by atomic mass is 10.0. The van der Waals surface area contributed by atoms with E-state index in [-0.39, 0.29) is 5.91 Å². The number of rotatable bonds is 7. The highest BCUT2D eigenvalue weighted by Gasteiger charge is 2.34. The van der Waals surface area contributed by atoms with Crippen molar-refractivity contribution in [3.05, 3.63) is 81.3 Å². The van der Waals surface area contributed by atoms with Gasteiger partial charge in [-0.1, -0.05) is 34.1 Å². The molecule has 0 spiro atoms. The van der Waals surface area contributed by atoms with Crippen LogP contribution in [0.4, 0.5) is 0 Å². The number of carbonyl (C=O) groups is 1. The minimum absolute atomic E-state index is 0.112. The summed E-state index contributed by atoms with van der Waals surface area (Å²) in [5, 5.41) is 0. The Kier molecular flexibility index (Phi) is 6.60. The number of ether oxygens (including phenoxy) is 4. The summed E-state index contributed by atoms with van der Waals surface area (Å²) in [6.45, 7) is 0.390. The highest BCUT2D eigenvalue weighted by atomic mass is 79.9. The maximum atomic E-state index is 13.6. The van der Waals surface area contributed by atoms with Crippen LogP contribution >= 0.6 is 15.9 Å². The van der Waals surface area contributed by atoms with Crippen LogP contribution in [-0.2, 0) is 6.54 Å². The second-order valence-corrected chi connectivity index (χ2v) is 8.23. The van der Waals surface area contributed by atoms with Gasteiger partial charge in [0.1, 0.15) is 11.5 Å². The first-order valence-electron chi connectivity index (χ1n) is 10.3. The summed E-state index contributed by atoms with van der Waals surface area (Å²) < 4.78 is 22.7. The molecule has 170 valence electrons. The Bertz CT molecular complexity index is 1220. The molecule has 0 atom stereocenters. The summed E-state index contributed by atoms with van der Waals surface area (Å²) in [4.78, 5) is 15.3. The number of halogens is 1. The molecule has 1 amide bonds. The lowest BCUT2D eigenvalue weighted by Crippen LogP contribution is -2.22. The molecule has 1 aliphatic heterocycles. The van der Waals surface area contributed by atoms with Gasteiger partial charge in [-0.3, -0.25) is 4.79 Å². The minimum atomic E-state index is -0.112. The molecule has 0 saturated heterocycles. The predicted molar refractivity (Wildman–Crippen MR) is 131 cm³/mol. The van der Waals surface area contributed by atoms with E-state index < -0.39 is 0 Å². The zero-order valence-electron chi connectivity index (χ0n) is 18.8. The number of hydrogen-bond donors (Lipinski definition) is 0. The Labute approximate surface area is 201 Å². The standard InChI is InChI=1S/C26H24BrNO5/c1-30-17-10-8-16(9-11-17)15-28-22(12-20-21(27)6-5-7-23(20)31-2)18-13-24(32-3)25(33-4)14-19(18)26(28)29/h5-14H,15H2,1-4H3/b22-12+. The van der Waals surface area contributed by atoms with Crippen LogP contribution in [0.5, 0.6) is 23.0 Å². The Morgan fingerprint density at radius 3 is 2.06 bits per heavy atom. The van der Waals surface area contributed by atoms with Crippen LogP contribution in [0.25, 0.3) is 11.8 Å². The van der Waals surface area contributed by atoms with Crippen molar-refractivity contribution in [3.8, 4) is 23.0 Å². The first-order chi connectivity index (χ1) is 16.0. The fraction of sp³-hybridized carbons (Fsp3) is 0.192. The third kappa shape index (κ3) is 4.28. The molecule has 33 heavy (non-hydrogen) atoms. The topological polar surface area (TPSA) is 57.2 Å². The van der Waals surface area contributed by atoms with Crippen molar-refractivity contribution < 1.29 is 23.7 Å². The minimum Gasteiger partial charge on any atom is -0.497 e. The van der Waals surface area contributed by atoms with Gasteiger partial charge in [0.2, 0.25) is 0 Å². The maximum Gasteiger partial charge on any atom is 0.259 e. The third-order valence-corrected chi connectivity index (χ3v) is 6.27. The Balaban J connectivity index is 1.88. The molecular formula is C26H24BrNO5. The average Bonchev–Trinajstić information content (AvgIpc) is 3.09. The van der Waals surface area contributed by atoms with Crippen molar-refractivity contribution in [2.75, 3.05) is 28.4 Å². The average molecular weight is 510 g/mol. The van der Waals surface area contributed by atoms with E-state index in [2.05, 4.69) is 15.9 Å². The van der Waals surface area contributed by atoms with E-state index in [0.717, 1.165) is 32.6 Å². The fourth-order valence-corrected chi connectivity index (χ4v) is 4.33. The van der Waals surface area contributed by atoms with E-state index in [1.807, 2.05) is 54.6 Å². The number of methoxy groups -OCH3 is 4. The Morgan fingerprint density at radius 2 is 1.45 bits per heavy atom. The molecule has 3 aromatic rings. The van der Waals surface area contributed by atoms with Gasteiger partial charge in [-0.25, -0.2) is 0 Å². The summed E-state index contributed by atoms with van der Waals surface area (Å²) in [5.74, 6) is 2.41. The van der Waals surface area contributed by atoms with E-state index in [1.165, 1.54) is 0 Å². The molecule has 0 aromatic heterocycles. The summed E-state index contributed by atoms with van der Waals surface area (Å²) in [5.41, 5.74) is 3.88. The van der Waals surface area contributed by atoms with Crippen LogP contribution in [0, 0.1) is 0 Å². The lowest BCUT2D eigenvalue weighted by Gasteiger charge is -2.20. The molecule has 0 bridgehead atoms. The zero-order valence-corrected chi connectivity index (χ0v) is 20.4. The Hall–Kier alpha value is -3.45. The molecule has 3 aromatic carbocycles. The van der Waals surface area contributed by atoms with E-state index in [1.54, 1.807) is 39.4 Å². The van der Waals surface area contributed by atoms with Crippen LogP contribution in [0.15, 0.2) is 59.1 Å². The SMILES string of the molecule is COc1ccc(CN2C(=O)c3cc(OC)c(OC)cc3/C2=C\c2c(Br)cccc2OC)cc1. The molecular weight excluding hydrogens is 486 g/mol. The van der Waals surface area contributed by atoms with E-state index >= 15 is 0 Å². The summed E-state index contributed by atoms with van der Waals surface area (Å²) >= 11 is 3.62. The van der Waals surface area contributed by atoms with Crippen molar-refractivity contribution >= 4 is 33.6 Å². The maximum absolute atomic E-state index is 13.6. The van der Waals surface area contributed by atoms with Gasteiger partial charge >= 0.3 is 0 Å². The molecule has 4 rings (SSSR count). The van der Waals surface area contributed by atoms with Gasteiger partial charge in [-0.05, 0) is 48.0 Å². The van der Waals surface area contributed by atoms with Crippen molar-refractivity contribution in [2.24, 2.45) is 0 Å². The number of amides is 1. The van der Waals surface area contributed by atoms with Crippen molar-refractivity contribution in [3.63, 3.8) is 0 Å². The molecule has 0 N–H and O–H groups in total. The normalized spacial score (nSPS) is 13.8. The predicted octanol–water partition coefficient (Wildman–Crippen LogP) is 5.64. The number of carbonyl (C=O) groups excluding carboxylic acids is 1. The van der Waals surface area contributed by atoms with Gasteiger partial charge in [0.15, 0.2) is 11.5 Å². The molecule has 7 heteroatoms. The molecule has 0 saturated carbocycles. The number of nitrogens with zero attached hydrogens (tertiary/aromatic N) is 1. The monoisotopic (exact) mass is 509 g/mol. The summed E-state index contributed by atoms with van der Waals surface area (Å²) in [7, 11) is 6.39. The molecule has 1 heterocycles. The van der Waals surface area contributed by atoms with Crippen LogP contribution in [0.3, 0.4) is 0 Å². The lowest BCUT2D eigenvalue weighted by molar-refractivity contribution is 0.0843. The quantitative estimate of drug-likeness (QED) is 0.412. The second-order valence-electron chi connectivity index (χ2n) is 7.38. The van der Waals surface area contributed by atoms with E-state index in [9.17, 15) is 4.79 Å². The van der Waals surface area contributed by atoms with Gasteiger partial charge in [0.05, 0.1) is 46.2 Å². The van der Waals surface area contributed by atoms with Gasteiger partial charge in [0, 0.05) is 15.6 Å². The van der Waals surface area contributed by atoms with Gasteiger partial charge in [-0.2, -0.15) is 0 Å². The molecule has 0 fully saturated rings.